The molecule has 0 radical (unpaired) electrons. The highest BCUT2D eigenvalue weighted by Gasteiger charge is 2.28. The molecule has 1 fully saturated rings. The molecule has 116 valence electrons. The number of carbonyl (C=O) groups excluding carboxylic acids is 1. The van der Waals surface area contributed by atoms with Gasteiger partial charge in [-0.2, -0.15) is 0 Å². The molecule has 1 aliphatic rings. The van der Waals surface area contributed by atoms with Crippen molar-refractivity contribution in [3.05, 3.63) is 32.8 Å². The normalized spacial score (nSPS) is 18.0. The third-order valence-electron chi connectivity index (χ3n) is 4.48. The van der Waals surface area contributed by atoms with Gasteiger partial charge in [0, 0.05) is 5.02 Å². The lowest BCUT2D eigenvalue weighted by Crippen LogP contribution is -2.28. The summed E-state index contributed by atoms with van der Waals surface area (Å²) < 4.78 is 5.38. The maximum absolute atomic E-state index is 12.1. The first-order chi connectivity index (χ1) is 9.90. The second kappa shape index (κ2) is 7.21. The molecule has 0 bridgehead atoms. The number of hydrogen-bond acceptors (Lipinski definition) is 2. The number of hydrogen-bond donors (Lipinski definition) is 0. The summed E-state index contributed by atoms with van der Waals surface area (Å²) in [6.45, 7) is 4.73. The number of carbonyl (C=O) groups is 1. The van der Waals surface area contributed by atoms with E-state index in [2.05, 4.69) is 13.8 Å². The first-order valence-corrected chi connectivity index (χ1v) is 8.35. The van der Waals surface area contributed by atoms with Crippen LogP contribution in [-0.4, -0.2) is 12.6 Å². The molecule has 0 spiro atoms. The van der Waals surface area contributed by atoms with E-state index in [4.69, 9.17) is 39.5 Å². The molecular formula is C16H19Cl3O2. The number of benzene rings is 1. The van der Waals surface area contributed by atoms with Crippen LogP contribution in [0, 0.1) is 17.8 Å². The van der Waals surface area contributed by atoms with Gasteiger partial charge in [0.15, 0.2) is 0 Å². The molecule has 0 saturated heterocycles. The predicted octanol–water partition coefficient (Wildman–Crippen LogP) is 5.88. The van der Waals surface area contributed by atoms with Gasteiger partial charge in [-0.15, -0.1) is 0 Å². The lowest BCUT2D eigenvalue weighted by Gasteiger charge is -2.34. The van der Waals surface area contributed by atoms with E-state index in [9.17, 15) is 4.79 Å². The quantitative estimate of drug-likeness (QED) is 0.490. The van der Waals surface area contributed by atoms with Crippen molar-refractivity contribution in [3.8, 4) is 0 Å². The molecule has 0 aliphatic heterocycles. The van der Waals surface area contributed by atoms with Crippen molar-refractivity contribution in [1.29, 1.82) is 0 Å². The zero-order chi connectivity index (χ0) is 15.6. The molecule has 0 N–H and O–H groups in total. The average molecular weight is 350 g/mol. The van der Waals surface area contributed by atoms with E-state index in [1.54, 1.807) is 0 Å². The Morgan fingerprint density at radius 2 is 1.95 bits per heavy atom. The van der Waals surface area contributed by atoms with E-state index >= 15 is 0 Å². The van der Waals surface area contributed by atoms with Gasteiger partial charge in [0.2, 0.25) is 0 Å². The van der Waals surface area contributed by atoms with E-state index in [1.807, 2.05) is 0 Å². The molecule has 0 aromatic heterocycles. The van der Waals surface area contributed by atoms with Crippen molar-refractivity contribution in [2.75, 3.05) is 6.61 Å². The second-order valence-corrected chi connectivity index (χ2v) is 7.10. The lowest BCUT2D eigenvalue weighted by atomic mass is 9.72. The first-order valence-electron chi connectivity index (χ1n) is 7.21. The Labute approximate surface area is 140 Å². The van der Waals surface area contributed by atoms with Crippen molar-refractivity contribution in [2.45, 2.75) is 33.1 Å². The molecule has 1 aromatic carbocycles. The Kier molecular flexibility index (Phi) is 5.81. The molecule has 1 aliphatic carbocycles. The topological polar surface area (TPSA) is 26.3 Å². The van der Waals surface area contributed by atoms with E-state index in [-0.39, 0.29) is 15.6 Å². The van der Waals surface area contributed by atoms with Gasteiger partial charge < -0.3 is 4.74 Å². The number of esters is 1. The van der Waals surface area contributed by atoms with Crippen molar-refractivity contribution >= 4 is 40.8 Å². The Hall–Kier alpha value is -0.440. The van der Waals surface area contributed by atoms with E-state index < -0.39 is 5.97 Å². The molecule has 5 heteroatoms. The Bertz CT molecular complexity index is 526. The molecule has 2 rings (SSSR count). The van der Waals surface area contributed by atoms with E-state index in [0.717, 1.165) is 5.92 Å². The lowest BCUT2D eigenvalue weighted by molar-refractivity contribution is 0.0348. The van der Waals surface area contributed by atoms with Gasteiger partial charge in [0.25, 0.3) is 0 Å². The van der Waals surface area contributed by atoms with Gasteiger partial charge in [-0.25, -0.2) is 4.79 Å². The summed E-state index contributed by atoms with van der Waals surface area (Å²) >= 11 is 17.8. The maximum atomic E-state index is 12.1. The molecule has 2 nitrogen and oxygen atoms in total. The molecule has 0 amide bonds. The summed E-state index contributed by atoms with van der Waals surface area (Å²) in [6, 6.07) is 2.99. The predicted molar refractivity (Wildman–Crippen MR) is 87.4 cm³/mol. The summed E-state index contributed by atoms with van der Waals surface area (Å²) in [5, 5.41) is 0.810. The van der Waals surface area contributed by atoms with Gasteiger partial charge in [-0.05, 0) is 29.9 Å². The fraction of sp³-hybridized carbons (Fsp3) is 0.562. The van der Waals surface area contributed by atoms with Gasteiger partial charge >= 0.3 is 5.97 Å². The van der Waals surface area contributed by atoms with Crippen molar-refractivity contribution < 1.29 is 9.53 Å². The van der Waals surface area contributed by atoms with Crippen molar-refractivity contribution in [2.24, 2.45) is 17.8 Å². The van der Waals surface area contributed by atoms with Crippen LogP contribution in [-0.2, 0) is 4.74 Å². The zero-order valence-electron chi connectivity index (χ0n) is 12.2. The molecule has 0 heterocycles. The van der Waals surface area contributed by atoms with Crippen molar-refractivity contribution in [1.82, 2.24) is 0 Å². The van der Waals surface area contributed by atoms with Crippen LogP contribution in [0.2, 0.25) is 15.1 Å². The minimum Gasteiger partial charge on any atom is -0.462 e. The molecule has 1 aromatic rings. The van der Waals surface area contributed by atoms with E-state index in [0.29, 0.717) is 23.5 Å². The highest BCUT2D eigenvalue weighted by atomic mass is 35.5. The molecule has 2 unspecified atom stereocenters. The number of ether oxygens (including phenoxy) is 1. The maximum Gasteiger partial charge on any atom is 0.339 e. The minimum atomic E-state index is -0.475. The van der Waals surface area contributed by atoms with Crippen LogP contribution in [0.3, 0.4) is 0 Å². The molecule has 21 heavy (non-hydrogen) atoms. The van der Waals surface area contributed by atoms with Crippen molar-refractivity contribution in [3.63, 3.8) is 0 Å². The number of halogens is 3. The summed E-state index contributed by atoms with van der Waals surface area (Å²) in [7, 11) is 0. The zero-order valence-corrected chi connectivity index (χ0v) is 14.4. The monoisotopic (exact) mass is 348 g/mol. The fourth-order valence-corrected chi connectivity index (χ4v) is 3.25. The van der Waals surface area contributed by atoms with Crippen LogP contribution in [0.1, 0.15) is 43.5 Å². The Balaban J connectivity index is 1.95. The molecule has 2 atom stereocenters. The SMILES string of the molecule is CC(COC(=O)c1cc(Cl)cc(Cl)c1Cl)C(C)C1CCC1. The third-order valence-corrected chi connectivity index (χ3v) is 5.50. The molecule has 1 saturated carbocycles. The van der Waals surface area contributed by atoms with Gasteiger partial charge in [0.1, 0.15) is 0 Å². The van der Waals surface area contributed by atoms with Crippen LogP contribution in [0.25, 0.3) is 0 Å². The van der Waals surface area contributed by atoms with Gasteiger partial charge in [-0.3, -0.25) is 0 Å². The van der Waals surface area contributed by atoms with Crippen LogP contribution < -0.4 is 0 Å². The third kappa shape index (κ3) is 4.06. The van der Waals surface area contributed by atoms with Crippen LogP contribution in [0.5, 0.6) is 0 Å². The second-order valence-electron chi connectivity index (χ2n) is 5.88. The van der Waals surface area contributed by atoms with Crippen LogP contribution in [0.15, 0.2) is 12.1 Å². The highest BCUT2D eigenvalue weighted by Crippen LogP contribution is 2.37. The molecular weight excluding hydrogens is 331 g/mol. The summed E-state index contributed by atoms with van der Waals surface area (Å²) in [6.07, 6.45) is 3.89. The van der Waals surface area contributed by atoms with E-state index in [1.165, 1.54) is 31.4 Å². The van der Waals surface area contributed by atoms with Gasteiger partial charge in [0.05, 0.1) is 22.2 Å². The summed E-state index contributed by atoms with van der Waals surface area (Å²) in [4.78, 5) is 12.1. The highest BCUT2D eigenvalue weighted by molar-refractivity contribution is 6.45. The van der Waals surface area contributed by atoms with Gasteiger partial charge in [-0.1, -0.05) is 67.9 Å². The average Bonchev–Trinajstić information content (AvgIpc) is 2.37. The largest absolute Gasteiger partial charge is 0.462 e. The van der Waals surface area contributed by atoms with Crippen LogP contribution >= 0.6 is 34.8 Å². The first kappa shape index (κ1) is 16.9. The minimum absolute atomic E-state index is 0.186. The summed E-state index contributed by atoms with van der Waals surface area (Å²) in [5.41, 5.74) is 0.220. The number of rotatable bonds is 5. The Morgan fingerprint density at radius 3 is 2.52 bits per heavy atom. The smallest absolute Gasteiger partial charge is 0.339 e. The van der Waals surface area contributed by atoms with Crippen LogP contribution in [0.4, 0.5) is 0 Å². The fourth-order valence-electron chi connectivity index (χ4n) is 2.57. The standard InChI is InChI=1S/C16H19Cl3O2/c1-9(10(2)11-4-3-5-11)8-21-16(20)13-6-12(17)7-14(18)15(13)19/h6-7,9-11H,3-5,8H2,1-2H3. The summed E-state index contributed by atoms with van der Waals surface area (Å²) in [5.74, 6) is 1.18. The Morgan fingerprint density at radius 1 is 1.29 bits per heavy atom.